The number of hydrogen-bond donors (Lipinski definition) is 0. The minimum absolute atomic E-state index is 0.149. The second-order valence-corrected chi connectivity index (χ2v) is 7.02. The Balaban J connectivity index is 1.60. The van der Waals surface area contributed by atoms with Gasteiger partial charge >= 0.3 is 0 Å². The van der Waals surface area contributed by atoms with Gasteiger partial charge in [0.2, 0.25) is 5.91 Å². The van der Waals surface area contributed by atoms with E-state index in [2.05, 4.69) is 49.4 Å². The van der Waals surface area contributed by atoms with Gasteiger partial charge in [0, 0.05) is 18.5 Å². The minimum atomic E-state index is 0.149. The fourth-order valence-electron chi connectivity index (χ4n) is 2.64. The smallest absolute Gasteiger partial charge is 0.232 e. The van der Waals surface area contributed by atoms with Crippen LogP contribution in [-0.4, -0.2) is 23.6 Å². The molecule has 1 amide bonds. The van der Waals surface area contributed by atoms with Crippen LogP contribution in [-0.2, 0) is 11.3 Å². The monoisotopic (exact) mass is 335 g/mol. The van der Waals surface area contributed by atoms with Crippen molar-refractivity contribution < 1.29 is 4.79 Å². The summed E-state index contributed by atoms with van der Waals surface area (Å²) in [7, 11) is 1.87. The number of carbonyl (C=O) groups excluding carboxylic acids is 1. The molecule has 0 aliphatic rings. The molecule has 0 aliphatic heterocycles. The SMILES string of the molecule is Cc1ccccc1CN(C)C(=O)CSc1ccc2ccccc2c1. The van der Waals surface area contributed by atoms with Crippen LogP contribution in [0.1, 0.15) is 11.1 Å². The molecule has 3 aromatic rings. The molecule has 0 aromatic heterocycles. The van der Waals surface area contributed by atoms with Gasteiger partial charge in [-0.2, -0.15) is 0 Å². The van der Waals surface area contributed by atoms with Crippen molar-refractivity contribution in [1.29, 1.82) is 0 Å². The van der Waals surface area contributed by atoms with Crippen LogP contribution in [0.25, 0.3) is 10.8 Å². The number of amides is 1. The number of rotatable bonds is 5. The summed E-state index contributed by atoms with van der Waals surface area (Å²) in [6, 6.07) is 22.8. The Morgan fingerprint density at radius 2 is 1.67 bits per heavy atom. The average molecular weight is 335 g/mol. The molecular formula is C21H21NOS. The standard InChI is InChI=1S/C21H21NOS/c1-16-7-3-4-10-19(16)14-22(2)21(23)15-24-20-12-11-17-8-5-6-9-18(17)13-20/h3-13H,14-15H2,1-2H3. The maximum atomic E-state index is 12.4. The molecule has 3 rings (SSSR count). The van der Waals surface area contributed by atoms with Crippen LogP contribution in [0.2, 0.25) is 0 Å². The van der Waals surface area contributed by atoms with Gasteiger partial charge in [-0.1, -0.05) is 54.6 Å². The maximum Gasteiger partial charge on any atom is 0.232 e. The molecule has 0 fully saturated rings. The summed E-state index contributed by atoms with van der Waals surface area (Å²) in [5, 5.41) is 2.44. The Morgan fingerprint density at radius 1 is 0.958 bits per heavy atom. The molecule has 0 unspecified atom stereocenters. The predicted octanol–water partition coefficient (Wildman–Crippen LogP) is 4.90. The highest BCUT2D eigenvalue weighted by Gasteiger charge is 2.11. The summed E-state index contributed by atoms with van der Waals surface area (Å²) in [5.41, 5.74) is 2.42. The molecule has 0 aliphatic carbocycles. The molecule has 24 heavy (non-hydrogen) atoms. The fourth-order valence-corrected chi connectivity index (χ4v) is 3.53. The summed E-state index contributed by atoms with van der Waals surface area (Å²) < 4.78 is 0. The van der Waals surface area contributed by atoms with Crippen molar-refractivity contribution in [3.63, 3.8) is 0 Å². The van der Waals surface area contributed by atoms with Crippen molar-refractivity contribution in [2.24, 2.45) is 0 Å². The van der Waals surface area contributed by atoms with Crippen LogP contribution < -0.4 is 0 Å². The summed E-state index contributed by atoms with van der Waals surface area (Å²) >= 11 is 1.60. The van der Waals surface area contributed by atoms with Crippen LogP contribution in [0.5, 0.6) is 0 Å². The Labute approximate surface area is 147 Å². The van der Waals surface area contributed by atoms with E-state index in [0.717, 1.165) is 4.90 Å². The molecule has 0 bridgehead atoms. The molecule has 0 atom stereocenters. The minimum Gasteiger partial charge on any atom is -0.341 e. The normalized spacial score (nSPS) is 10.8. The lowest BCUT2D eigenvalue weighted by Crippen LogP contribution is -2.28. The largest absolute Gasteiger partial charge is 0.341 e. The second-order valence-electron chi connectivity index (χ2n) is 5.97. The summed E-state index contributed by atoms with van der Waals surface area (Å²) in [5.74, 6) is 0.609. The van der Waals surface area contributed by atoms with Gasteiger partial charge in [0.25, 0.3) is 0 Å². The summed E-state index contributed by atoms with van der Waals surface area (Å²) in [4.78, 5) is 15.3. The maximum absolute atomic E-state index is 12.4. The third-order valence-electron chi connectivity index (χ3n) is 4.18. The highest BCUT2D eigenvalue weighted by molar-refractivity contribution is 8.00. The third-order valence-corrected chi connectivity index (χ3v) is 5.16. The molecule has 122 valence electrons. The van der Waals surface area contributed by atoms with Crippen LogP contribution in [0.15, 0.2) is 71.6 Å². The van der Waals surface area contributed by atoms with E-state index in [-0.39, 0.29) is 5.91 Å². The van der Waals surface area contributed by atoms with Crippen molar-refractivity contribution in [2.45, 2.75) is 18.4 Å². The first-order valence-corrected chi connectivity index (χ1v) is 9.02. The highest BCUT2D eigenvalue weighted by atomic mass is 32.2. The van der Waals surface area contributed by atoms with Crippen molar-refractivity contribution >= 4 is 28.4 Å². The molecule has 0 N–H and O–H groups in total. The van der Waals surface area contributed by atoms with Crippen molar-refractivity contribution in [3.8, 4) is 0 Å². The van der Waals surface area contributed by atoms with Gasteiger partial charge in [-0.3, -0.25) is 4.79 Å². The summed E-state index contributed by atoms with van der Waals surface area (Å²) in [6.45, 7) is 2.74. The van der Waals surface area contributed by atoms with Gasteiger partial charge in [-0.05, 0) is 41.0 Å². The average Bonchev–Trinajstić information content (AvgIpc) is 2.61. The molecule has 0 heterocycles. The lowest BCUT2D eigenvalue weighted by atomic mass is 10.1. The van der Waals surface area contributed by atoms with Gasteiger partial charge in [-0.25, -0.2) is 0 Å². The van der Waals surface area contributed by atoms with E-state index in [4.69, 9.17) is 0 Å². The van der Waals surface area contributed by atoms with E-state index in [1.54, 1.807) is 16.7 Å². The molecule has 0 saturated heterocycles. The third kappa shape index (κ3) is 3.98. The number of carbonyl (C=O) groups is 1. The molecule has 3 aromatic carbocycles. The molecular weight excluding hydrogens is 314 g/mol. The number of thioether (sulfide) groups is 1. The van der Waals surface area contributed by atoms with Gasteiger partial charge in [0.05, 0.1) is 5.75 Å². The van der Waals surface area contributed by atoms with Crippen LogP contribution in [0, 0.1) is 6.92 Å². The fraction of sp³-hybridized carbons (Fsp3) is 0.190. The first kappa shape index (κ1) is 16.6. The predicted molar refractivity (Wildman–Crippen MR) is 102 cm³/mol. The lowest BCUT2D eigenvalue weighted by Gasteiger charge is -2.18. The van der Waals surface area contributed by atoms with E-state index < -0.39 is 0 Å². The van der Waals surface area contributed by atoms with Gasteiger partial charge < -0.3 is 4.90 Å². The molecule has 3 heteroatoms. The molecule has 0 radical (unpaired) electrons. The molecule has 2 nitrogen and oxygen atoms in total. The van der Waals surface area contributed by atoms with Crippen molar-refractivity contribution in [3.05, 3.63) is 77.9 Å². The van der Waals surface area contributed by atoms with Crippen LogP contribution in [0.3, 0.4) is 0 Å². The zero-order valence-corrected chi connectivity index (χ0v) is 14.8. The number of benzene rings is 3. The number of nitrogens with zero attached hydrogens (tertiary/aromatic N) is 1. The van der Waals surface area contributed by atoms with E-state index in [0.29, 0.717) is 12.3 Å². The van der Waals surface area contributed by atoms with Crippen molar-refractivity contribution in [2.75, 3.05) is 12.8 Å². The zero-order chi connectivity index (χ0) is 16.9. The van der Waals surface area contributed by atoms with E-state index in [1.165, 1.54) is 21.9 Å². The Bertz CT molecular complexity index is 859. The highest BCUT2D eigenvalue weighted by Crippen LogP contribution is 2.24. The van der Waals surface area contributed by atoms with Gasteiger partial charge in [0.15, 0.2) is 0 Å². The topological polar surface area (TPSA) is 20.3 Å². The Morgan fingerprint density at radius 3 is 2.46 bits per heavy atom. The second kappa shape index (κ2) is 7.54. The lowest BCUT2D eigenvalue weighted by molar-refractivity contribution is -0.127. The molecule has 0 spiro atoms. The van der Waals surface area contributed by atoms with E-state index in [9.17, 15) is 4.79 Å². The van der Waals surface area contributed by atoms with Gasteiger partial charge in [-0.15, -0.1) is 11.8 Å². The van der Waals surface area contributed by atoms with Crippen LogP contribution in [0.4, 0.5) is 0 Å². The van der Waals surface area contributed by atoms with Gasteiger partial charge in [0.1, 0.15) is 0 Å². The first-order chi connectivity index (χ1) is 11.6. The summed E-state index contributed by atoms with van der Waals surface area (Å²) in [6.07, 6.45) is 0. The Kier molecular flexibility index (Phi) is 5.21. The zero-order valence-electron chi connectivity index (χ0n) is 14.0. The number of aryl methyl sites for hydroxylation is 1. The Hall–Kier alpha value is -2.26. The number of fused-ring (bicyclic) bond motifs is 1. The van der Waals surface area contributed by atoms with Crippen molar-refractivity contribution in [1.82, 2.24) is 4.90 Å². The van der Waals surface area contributed by atoms with E-state index >= 15 is 0 Å². The number of hydrogen-bond acceptors (Lipinski definition) is 2. The van der Waals surface area contributed by atoms with Crippen LogP contribution >= 0.6 is 11.8 Å². The quantitative estimate of drug-likeness (QED) is 0.618. The molecule has 0 saturated carbocycles. The first-order valence-electron chi connectivity index (χ1n) is 8.03. The van der Waals surface area contributed by atoms with E-state index in [1.807, 2.05) is 31.3 Å².